The Hall–Kier alpha value is -2.28. The molecule has 0 aliphatic heterocycles. The summed E-state index contributed by atoms with van der Waals surface area (Å²) < 4.78 is 125. The van der Waals surface area contributed by atoms with Gasteiger partial charge in [-0.3, -0.25) is 0 Å². The normalized spacial score (nSPS) is 13.4. The number of hydrogen-bond acceptors (Lipinski definition) is 5. The second-order valence-electron chi connectivity index (χ2n) is 5.02. The van der Waals surface area contributed by atoms with E-state index in [9.17, 15) is 43.2 Å². The number of hydrogen-bond donors (Lipinski definition) is 1. The first-order valence-electron chi connectivity index (χ1n) is 6.77. The van der Waals surface area contributed by atoms with Gasteiger partial charge < -0.3 is 5.32 Å². The van der Waals surface area contributed by atoms with Crippen molar-refractivity contribution in [3.8, 4) is 0 Å². The van der Waals surface area contributed by atoms with Crippen molar-refractivity contribution in [3.05, 3.63) is 48.5 Å². The van der Waals surface area contributed by atoms with E-state index >= 15 is 0 Å². The minimum Gasteiger partial charge on any atom is -0.354 e. The second kappa shape index (κ2) is 6.71. The van der Waals surface area contributed by atoms with Crippen LogP contribution in [0.5, 0.6) is 0 Å². The van der Waals surface area contributed by atoms with Crippen molar-refractivity contribution in [1.29, 1.82) is 0 Å². The van der Waals surface area contributed by atoms with Crippen LogP contribution in [0.3, 0.4) is 0 Å². The van der Waals surface area contributed by atoms with Crippen molar-refractivity contribution in [2.45, 2.75) is 20.8 Å². The van der Waals surface area contributed by atoms with E-state index in [1.807, 2.05) is 0 Å². The molecule has 5 nitrogen and oxygen atoms in total. The summed E-state index contributed by atoms with van der Waals surface area (Å²) in [7, 11) is -12.8. The standard InChI is InChI=1S/C14H9F6NO4S2/c15-13(16,17)26(22,23)11-8-4-7-10(21-9-5-2-1-3-6-9)12(11)27(24,25)14(18,19)20/h1-8,21H. The van der Waals surface area contributed by atoms with Gasteiger partial charge in [0.15, 0.2) is 0 Å². The minimum atomic E-state index is -6.44. The SMILES string of the molecule is O=S(=O)(c1cccc(Nc2ccccc2)c1S(=O)(=O)C(F)(F)F)C(F)(F)F. The molecule has 0 spiro atoms. The van der Waals surface area contributed by atoms with Gasteiger partial charge in [0.05, 0.1) is 10.6 Å². The quantitative estimate of drug-likeness (QED) is 0.737. The van der Waals surface area contributed by atoms with Crippen molar-refractivity contribution in [1.82, 2.24) is 0 Å². The van der Waals surface area contributed by atoms with Crippen LogP contribution in [-0.4, -0.2) is 27.9 Å². The van der Waals surface area contributed by atoms with Crippen molar-refractivity contribution in [2.75, 3.05) is 5.32 Å². The molecule has 2 rings (SSSR count). The van der Waals surface area contributed by atoms with E-state index in [0.29, 0.717) is 6.07 Å². The molecule has 148 valence electrons. The third-order valence-corrected chi connectivity index (χ3v) is 6.44. The van der Waals surface area contributed by atoms with Crippen LogP contribution >= 0.6 is 0 Å². The summed E-state index contributed by atoms with van der Waals surface area (Å²) in [6.07, 6.45) is 0. The van der Waals surface area contributed by atoms with Gasteiger partial charge in [-0.25, -0.2) is 16.8 Å². The molecule has 1 N–H and O–H groups in total. The Balaban J connectivity index is 2.86. The summed E-state index contributed by atoms with van der Waals surface area (Å²) in [5, 5.41) is 2.20. The Morgan fingerprint density at radius 3 is 1.67 bits per heavy atom. The van der Waals surface area contributed by atoms with Gasteiger partial charge in [-0.2, -0.15) is 26.3 Å². The topological polar surface area (TPSA) is 80.3 Å². The monoisotopic (exact) mass is 433 g/mol. The molecule has 0 radical (unpaired) electrons. The van der Waals surface area contributed by atoms with Gasteiger partial charge in [0.2, 0.25) is 0 Å². The lowest BCUT2D eigenvalue weighted by atomic mass is 10.2. The van der Waals surface area contributed by atoms with Crippen LogP contribution in [0.15, 0.2) is 58.3 Å². The average molecular weight is 433 g/mol. The molecule has 0 bridgehead atoms. The Morgan fingerprint density at radius 1 is 0.667 bits per heavy atom. The molecule has 0 atom stereocenters. The third-order valence-electron chi connectivity index (χ3n) is 3.20. The fraction of sp³-hybridized carbons (Fsp3) is 0.143. The maximum absolute atomic E-state index is 13.0. The summed E-state index contributed by atoms with van der Waals surface area (Å²) in [6, 6.07) is 8.48. The van der Waals surface area contributed by atoms with Gasteiger partial charge in [0.25, 0.3) is 19.7 Å². The molecule has 0 saturated heterocycles. The molecule has 27 heavy (non-hydrogen) atoms. The lowest BCUT2D eigenvalue weighted by molar-refractivity contribution is -0.0456. The molecule has 0 aliphatic carbocycles. The molecular formula is C14H9F6NO4S2. The zero-order chi connectivity index (χ0) is 20.7. The lowest BCUT2D eigenvalue weighted by Crippen LogP contribution is -2.30. The number of rotatable bonds is 4. The van der Waals surface area contributed by atoms with Crippen LogP contribution < -0.4 is 5.32 Å². The van der Waals surface area contributed by atoms with Crippen LogP contribution in [0.2, 0.25) is 0 Å². The maximum atomic E-state index is 13.0. The van der Waals surface area contributed by atoms with Gasteiger partial charge in [0.1, 0.15) is 4.90 Å². The second-order valence-corrected chi connectivity index (χ2v) is 8.81. The molecule has 0 fully saturated rings. The largest absolute Gasteiger partial charge is 0.502 e. The Kier molecular flexibility index (Phi) is 5.22. The molecule has 0 aromatic heterocycles. The maximum Gasteiger partial charge on any atom is 0.502 e. The zero-order valence-corrected chi connectivity index (χ0v) is 14.5. The number of nitrogens with one attached hydrogen (secondary N) is 1. The highest BCUT2D eigenvalue weighted by Gasteiger charge is 2.54. The predicted octanol–water partition coefficient (Wildman–Crippen LogP) is 4.02. The number of para-hydroxylation sites is 1. The number of halogens is 6. The first kappa shape index (κ1) is 21.0. The first-order valence-corrected chi connectivity index (χ1v) is 9.74. The zero-order valence-electron chi connectivity index (χ0n) is 12.8. The van der Waals surface area contributed by atoms with Crippen LogP contribution in [0.25, 0.3) is 0 Å². The fourth-order valence-corrected chi connectivity index (χ4v) is 4.51. The molecule has 0 heterocycles. The van der Waals surface area contributed by atoms with E-state index in [0.717, 1.165) is 6.07 Å². The molecule has 0 saturated carbocycles. The van der Waals surface area contributed by atoms with Crippen LogP contribution in [-0.2, 0) is 19.7 Å². The summed E-state index contributed by atoms with van der Waals surface area (Å²) in [5.74, 6) is 0. The molecule has 2 aromatic rings. The van der Waals surface area contributed by atoms with E-state index in [4.69, 9.17) is 0 Å². The highest BCUT2D eigenvalue weighted by atomic mass is 32.2. The lowest BCUT2D eigenvalue weighted by Gasteiger charge is -2.18. The van der Waals surface area contributed by atoms with Gasteiger partial charge in [-0.1, -0.05) is 24.3 Å². The predicted molar refractivity (Wildman–Crippen MR) is 82.6 cm³/mol. The Labute approximate surface area is 149 Å². The third kappa shape index (κ3) is 3.88. The number of alkyl halides is 6. The molecule has 2 aromatic carbocycles. The van der Waals surface area contributed by atoms with E-state index in [2.05, 4.69) is 5.32 Å². The number of anilines is 2. The van der Waals surface area contributed by atoms with Crippen LogP contribution in [0.1, 0.15) is 0 Å². The number of benzene rings is 2. The van der Waals surface area contributed by atoms with Crippen molar-refractivity contribution >= 4 is 31.0 Å². The molecule has 0 aliphatic rings. The van der Waals surface area contributed by atoms with Crippen LogP contribution in [0, 0.1) is 0 Å². The van der Waals surface area contributed by atoms with Crippen molar-refractivity contribution in [2.24, 2.45) is 0 Å². The number of sulfone groups is 2. The average Bonchev–Trinajstić information content (AvgIpc) is 2.53. The smallest absolute Gasteiger partial charge is 0.354 e. The summed E-state index contributed by atoms with van der Waals surface area (Å²) in [5.41, 5.74) is -13.0. The van der Waals surface area contributed by atoms with Crippen LogP contribution in [0.4, 0.5) is 37.7 Å². The first-order chi connectivity index (χ1) is 12.2. The van der Waals surface area contributed by atoms with E-state index in [1.165, 1.54) is 30.3 Å². The summed E-state index contributed by atoms with van der Waals surface area (Å²) >= 11 is 0. The Morgan fingerprint density at radius 2 is 1.19 bits per heavy atom. The van der Waals surface area contributed by atoms with E-state index < -0.39 is 46.2 Å². The Bertz CT molecular complexity index is 1050. The van der Waals surface area contributed by atoms with E-state index in [1.54, 1.807) is 0 Å². The van der Waals surface area contributed by atoms with Gasteiger partial charge in [0, 0.05) is 5.69 Å². The van der Waals surface area contributed by atoms with Crippen molar-refractivity contribution in [3.63, 3.8) is 0 Å². The van der Waals surface area contributed by atoms with E-state index in [-0.39, 0.29) is 11.8 Å². The van der Waals surface area contributed by atoms with Crippen molar-refractivity contribution < 1.29 is 43.2 Å². The van der Waals surface area contributed by atoms with Gasteiger partial charge >= 0.3 is 11.0 Å². The highest BCUT2D eigenvalue weighted by Crippen LogP contribution is 2.42. The molecule has 13 heteroatoms. The van der Waals surface area contributed by atoms with Gasteiger partial charge in [-0.05, 0) is 24.3 Å². The molecular weight excluding hydrogens is 424 g/mol. The summed E-state index contributed by atoms with van der Waals surface area (Å²) in [6.45, 7) is 0. The molecule has 0 unspecified atom stereocenters. The minimum absolute atomic E-state index is 0.0256. The fourth-order valence-electron chi connectivity index (χ4n) is 2.02. The summed E-state index contributed by atoms with van der Waals surface area (Å²) in [4.78, 5) is -4.05. The highest BCUT2D eigenvalue weighted by molar-refractivity contribution is 7.95. The molecule has 0 amide bonds. The van der Waals surface area contributed by atoms with Gasteiger partial charge in [-0.15, -0.1) is 0 Å².